The maximum atomic E-state index is 11.5. The van der Waals surface area contributed by atoms with Gasteiger partial charge in [0.25, 0.3) is 6.21 Å². The number of carbonyl (C=O) groups is 1. The van der Waals surface area contributed by atoms with Gasteiger partial charge in [-0.3, -0.25) is 4.79 Å². The van der Waals surface area contributed by atoms with Crippen molar-refractivity contribution < 1.29 is 23.8 Å². The number of azo groups is 1. The fourth-order valence-corrected chi connectivity index (χ4v) is 4.18. The van der Waals surface area contributed by atoms with Crippen LogP contribution in [0.3, 0.4) is 0 Å². The van der Waals surface area contributed by atoms with Gasteiger partial charge in [-0.1, -0.05) is 64.7 Å². The molecule has 8 heteroatoms. The molecule has 8 nitrogen and oxygen atoms in total. The first-order valence-electron chi connectivity index (χ1n) is 14.8. The minimum atomic E-state index is -0.618. The Hall–Kier alpha value is -3.51. The first kappa shape index (κ1) is 32.7. The van der Waals surface area contributed by atoms with E-state index in [1.165, 1.54) is 45.2 Å². The van der Waals surface area contributed by atoms with Gasteiger partial charge in [-0.2, -0.15) is 15.0 Å². The van der Waals surface area contributed by atoms with Crippen molar-refractivity contribution in [2.45, 2.75) is 110 Å². The molecule has 2 aromatic rings. The number of benzene rings is 2. The van der Waals surface area contributed by atoms with E-state index < -0.39 is 6.29 Å². The number of hydrogen-bond acceptors (Lipinski definition) is 6. The van der Waals surface area contributed by atoms with Crippen LogP contribution in [0.15, 0.2) is 58.8 Å². The van der Waals surface area contributed by atoms with Crippen LogP contribution in [-0.2, 0) is 9.53 Å². The van der Waals surface area contributed by atoms with Crippen molar-refractivity contribution in [3.8, 4) is 11.5 Å². The van der Waals surface area contributed by atoms with Crippen LogP contribution in [0.4, 0.5) is 11.4 Å². The van der Waals surface area contributed by atoms with Crippen molar-refractivity contribution in [1.82, 2.24) is 0 Å². The average molecular weight is 551 g/mol. The first-order chi connectivity index (χ1) is 19.6. The lowest BCUT2D eigenvalue weighted by Gasteiger charge is -2.18. The van der Waals surface area contributed by atoms with Gasteiger partial charge in [0, 0.05) is 19.8 Å². The lowest BCUT2D eigenvalue weighted by molar-refractivity contribution is -0.161. The summed E-state index contributed by atoms with van der Waals surface area (Å²) in [6.07, 6.45) is 16.2. The molecule has 0 fully saturated rings. The Labute approximate surface area is 239 Å². The summed E-state index contributed by atoms with van der Waals surface area (Å²) in [6, 6.07) is 14.9. The third kappa shape index (κ3) is 15.8. The van der Waals surface area contributed by atoms with E-state index in [2.05, 4.69) is 21.9 Å². The lowest BCUT2D eigenvalue weighted by atomic mass is 10.1. The number of unbranched alkanes of at least 4 members (excludes halogenated alkanes) is 11. The standard InChI is InChI=1S/C32H46N4O4/c1-3-4-5-6-12-15-26-38-30-21-17-28(18-22-30)35-36-29-19-23-31(24-20-29)40-32(39-27(2)37)16-13-10-8-7-9-11-14-25-34-33/h17-25,32H,3-16,26H2,1-2H3. The maximum Gasteiger partial charge on any atom is 0.305 e. The van der Waals surface area contributed by atoms with Gasteiger partial charge in [-0.05, 0) is 67.8 Å². The minimum absolute atomic E-state index is 0.361. The SMILES string of the molecule is CCCCCCCCOc1ccc(N=Nc2ccc(OC(CCCCCCCCC=[N+]=[N-])OC(C)=O)cc2)cc1. The molecule has 0 saturated carbocycles. The molecule has 0 heterocycles. The van der Waals surface area contributed by atoms with Crippen LogP contribution in [0.5, 0.6) is 11.5 Å². The van der Waals surface area contributed by atoms with Gasteiger partial charge in [0.15, 0.2) is 0 Å². The molecule has 0 aromatic heterocycles. The van der Waals surface area contributed by atoms with Crippen LogP contribution in [0, 0.1) is 0 Å². The van der Waals surface area contributed by atoms with E-state index in [1.54, 1.807) is 12.1 Å². The molecule has 0 bridgehead atoms. The molecule has 0 saturated heterocycles. The van der Waals surface area contributed by atoms with Crippen molar-refractivity contribution >= 4 is 23.6 Å². The molecule has 40 heavy (non-hydrogen) atoms. The van der Waals surface area contributed by atoms with E-state index in [0.717, 1.165) is 69.4 Å². The Bertz CT molecular complexity index is 1020. The molecule has 1 unspecified atom stereocenters. The molecule has 0 radical (unpaired) electrons. The summed E-state index contributed by atoms with van der Waals surface area (Å²) in [5.41, 5.74) is 9.85. The third-order valence-electron chi connectivity index (χ3n) is 6.39. The molecule has 0 amide bonds. The van der Waals surface area contributed by atoms with Crippen LogP contribution < -0.4 is 9.47 Å². The predicted molar refractivity (Wildman–Crippen MR) is 159 cm³/mol. The number of carbonyl (C=O) groups excluding carboxylic acids is 1. The highest BCUT2D eigenvalue weighted by Crippen LogP contribution is 2.24. The van der Waals surface area contributed by atoms with E-state index in [4.69, 9.17) is 19.7 Å². The second-order valence-corrected chi connectivity index (χ2v) is 9.96. The minimum Gasteiger partial charge on any atom is -0.494 e. The van der Waals surface area contributed by atoms with Gasteiger partial charge in [0.05, 0.1) is 18.0 Å². The van der Waals surface area contributed by atoms with Crippen LogP contribution in [-0.4, -0.2) is 29.9 Å². The van der Waals surface area contributed by atoms with E-state index >= 15 is 0 Å². The first-order valence-corrected chi connectivity index (χ1v) is 14.8. The number of ether oxygens (including phenoxy) is 3. The lowest BCUT2D eigenvalue weighted by Crippen LogP contribution is -2.23. The molecule has 0 aliphatic rings. The van der Waals surface area contributed by atoms with Crippen molar-refractivity contribution in [2.24, 2.45) is 10.2 Å². The summed E-state index contributed by atoms with van der Waals surface area (Å²) in [5, 5.41) is 8.62. The van der Waals surface area contributed by atoms with Crippen molar-refractivity contribution in [2.75, 3.05) is 6.61 Å². The van der Waals surface area contributed by atoms with Gasteiger partial charge in [-0.25, -0.2) is 0 Å². The molecule has 1 atom stereocenters. The van der Waals surface area contributed by atoms with Crippen molar-refractivity contribution in [3.05, 3.63) is 54.1 Å². The highest BCUT2D eigenvalue weighted by atomic mass is 16.7. The Balaban J connectivity index is 1.72. The molecule has 0 spiro atoms. The zero-order chi connectivity index (χ0) is 28.7. The molecule has 218 valence electrons. The highest BCUT2D eigenvalue weighted by Gasteiger charge is 2.13. The summed E-state index contributed by atoms with van der Waals surface area (Å²) in [5.74, 6) is 1.10. The fourth-order valence-electron chi connectivity index (χ4n) is 4.18. The topological polar surface area (TPSA) is 106 Å². The molecular weight excluding hydrogens is 504 g/mol. The summed E-state index contributed by atoms with van der Waals surface area (Å²) >= 11 is 0. The second-order valence-electron chi connectivity index (χ2n) is 9.96. The Morgan fingerprint density at radius 3 is 1.95 bits per heavy atom. The van der Waals surface area contributed by atoms with Gasteiger partial charge in [0.1, 0.15) is 11.5 Å². The second kappa shape index (κ2) is 21.3. The molecule has 2 aromatic carbocycles. The molecule has 0 aliphatic carbocycles. The largest absolute Gasteiger partial charge is 0.494 e. The number of rotatable bonds is 22. The number of hydrogen-bond donors (Lipinski definition) is 0. The summed E-state index contributed by atoms with van der Waals surface area (Å²) in [4.78, 5) is 14.6. The van der Waals surface area contributed by atoms with E-state index in [0.29, 0.717) is 17.9 Å². The van der Waals surface area contributed by atoms with Crippen LogP contribution >= 0.6 is 0 Å². The van der Waals surface area contributed by atoms with E-state index in [9.17, 15) is 4.79 Å². The van der Waals surface area contributed by atoms with E-state index in [1.807, 2.05) is 36.4 Å². The van der Waals surface area contributed by atoms with Gasteiger partial charge < -0.3 is 19.7 Å². The van der Waals surface area contributed by atoms with E-state index in [-0.39, 0.29) is 5.97 Å². The quantitative estimate of drug-likeness (QED) is 0.0363. The van der Waals surface area contributed by atoms with Crippen LogP contribution in [0.2, 0.25) is 0 Å². The summed E-state index contributed by atoms with van der Waals surface area (Å²) < 4.78 is 17.1. The molecule has 0 N–H and O–H groups in total. The fraction of sp³-hybridized carbons (Fsp3) is 0.562. The zero-order valence-electron chi connectivity index (χ0n) is 24.3. The van der Waals surface area contributed by atoms with Crippen molar-refractivity contribution in [3.63, 3.8) is 0 Å². The highest BCUT2D eigenvalue weighted by molar-refractivity contribution is 5.66. The predicted octanol–water partition coefficient (Wildman–Crippen LogP) is 9.53. The summed E-state index contributed by atoms with van der Waals surface area (Å²) in [7, 11) is 0. The Kier molecular flexibility index (Phi) is 17.4. The third-order valence-corrected chi connectivity index (χ3v) is 6.39. The summed E-state index contributed by atoms with van der Waals surface area (Å²) in [6.45, 7) is 4.36. The number of nitrogens with zero attached hydrogens (tertiary/aromatic N) is 4. The Morgan fingerprint density at radius 1 is 0.800 bits per heavy atom. The van der Waals surface area contributed by atoms with Crippen molar-refractivity contribution in [1.29, 1.82) is 0 Å². The van der Waals surface area contributed by atoms with Gasteiger partial charge >= 0.3 is 5.97 Å². The monoisotopic (exact) mass is 550 g/mol. The van der Waals surface area contributed by atoms with Crippen LogP contribution in [0.25, 0.3) is 5.53 Å². The molecule has 2 rings (SSSR count). The number of esters is 1. The van der Waals surface area contributed by atoms with Gasteiger partial charge in [0.2, 0.25) is 6.29 Å². The molecule has 0 aliphatic heterocycles. The van der Waals surface area contributed by atoms with Crippen LogP contribution in [0.1, 0.15) is 104 Å². The molecular formula is C32H46N4O4. The zero-order valence-corrected chi connectivity index (χ0v) is 24.3. The smallest absolute Gasteiger partial charge is 0.305 e. The average Bonchev–Trinajstić information content (AvgIpc) is 2.95. The van der Waals surface area contributed by atoms with Gasteiger partial charge in [-0.15, -0.1) is 0 Å². The maximum absolute atomic E-state index is 11.5. The normalized spacial score (nSPS) is 11.7. The Morgan fingerprint density at radius 2 is 1.35 bits per heavy atom.